The third kappa shape index (κ3) is 3.80. The number of aromatic nitrogens is 4. The summed E-state index contributed by atoms with van der Waals surface area (Å²) in [4.78, 5) is 17.7. The van der Waals surface area contributed by atoms with Crippen LogP contribution >= 0.6 is 0 Å². The molecule has 2 N–H and O–H groups in total. The average molecular weight is 334 g/mol. The number of nitrogens with zero attached hydrogens (tertiary/aromatic N) is 4. The van der Waals surface area contributed by atoms with Crippen molar-refractivity contribution in [2.45, 2.75) is 6.43 Å². The topological polar surface area (TPSA) is 90.8 Å². The first-order valence-electron chi connectivity index (χ1n) is 7.38. The molecule has 2 aromatic heterocycles. The van der Waals surface area contributed by atoms with Gasteiger partial charge in [0.1, 0.15) is 18.0 Å². The smallest absolute Gasteiger partial charge is 0.279 e. The molecule has 0 aromatic carbocycles. The lowest BCUT2D eigenvalue weighted by Gasteiger charge is -2.27. The van der Waals surface area contributed by atoms with Crippen molar-refractivity contribution in [2.24, 2.45) is 0 Å². The molecule has 7 nitrogen and oxygen atoms in total. The third-order valence-electron chi connectivity index (χ3n) is 3.52. The second-order valence-corrected chi connectivity index (χ2v) is 5.13. The third-order valence-corrected chi connectivity index (χ3v) is 3.52. The summed E-state index contributed by atoms with van der Waals surface area (Å²) >= 11 is 0. The Hall–Kier alpha value is -2.68. The van der Waals surface area contributed by atoms with Crippen molar-refractivity contribution < 1.29 is 13.5 Å². The maximum absolute atomic E-state index is 12.3. The number of nitrogens with one attached hydrogen (secondary N) is 2. The molecular formula is C15H16F2N6O. The van der Waals surface area contributed by atoms with Crippen LogP contribution in [0.4, 0.5) is 14.6 Å². The van der Waals surface area contributed by atoms with E-state index in [0.717, 1.165) is 25.0 Å². The minimum absolute atomic E-state index is 0.377. The number of morpholine rings is 1. The molecule has 1 fully saturated rings. The summed E-state index contributed by atoms with van der Waals surface area (Å²) in [5.74, 6) is 1.18. The number of ether oxygens (including phenoxy) is 1. The van der Waals surface area contributed by atoms with E-state index in [0.29, 0.717) is 30.4 Å². The first kappa shape index (κ1) is 16.2. The molecule has 1 aliphatic heterocycles. The maximum atomic E-state index is 12.3. The first-order valence-corrected chi connectivity index (χ1v) is 7.38. The van der Waals surface area contributed by atoms with E-state index in [2.05, 4.69) is 24.8 Å². The monoisotopic (exact) mass is 334 g/mol. The fourth-order valence-electron chi connectivity index (χ4n) is 2.25. The highest BCUT2D eigenvalue weighted by Gasteiger charge is 2.14. The molecule has 0 saturated carbocycles. The number of hydrogen-bond acceptors (Lipinski definition) is 6. The number of alkyl halides is 2. The van der Waals surface area contributed by atoms with Crippen LogP contribution in [0.3, 0.4) is 0 Å². The van der Waals surface area contributed by atoms with Crippen molar-refractivity contribution in [2.75, 3.05) is 31.2 Å². The second-order valence-electron chi connectivity index (χ2n) is 5.13. The van der Waals surface area contributed by atoms with E-state index in [1.165, 1.54) is 12.4 Å². The Labute approximate surface area is 136 Å². The van der Waals surface area contributed by atoms with Crippen LogP contribution in [0, 0.1) is 5.41 Å². The van der Waals surface area contributed by atoms with Gasteiger partial charge in [-0.25, -0.2) is 23.7 Å². The van der Waals surface area contributed by atoms with Crippen LogP contribution in [0.2, 0.25) is 0 Å². The molecule has 9 heteroatoms. The van der Waals surface area contributed by atoms with Crippen molar-refractivity contribution in [3.8, 4) is 11.4 Å². The maximum Gasteiger partial charge on any atom is 0.279 e. The Morgan fingerprint density at radius 2 is 2.08 bits per heavy atom. The fraction of sp³-hybridized carbons (Fsp3) is 0.333. The summed E-state index contributed by atoms with van der Waals surface area (Å²) in [6.07, 6.45) is 2.60. The lowest BCUT2D eigenvalue weighted by atomic mass is 10.3. The molecule has 3 rings (SSSR count). The SMILES string of the molecule is N=C(/C=C\c1ncc(-c2cc(N3CCOCC3)ncn2)[nH]1)C(F)F. The number of halogens is 2. The zero-order valence-corrected chi connectivity index (χ0v) is 12.7. The predicted octanol–water partition coefficient (Wildman–Crippen LogP) is 2.00. The second kappa shape index (κ2) is 7.26. The van der Waals surface area contributed by atoms with Crippen molar-refractivity contribution in [1.82, 2.24) is 19.9 Å². The fourth-order valence-corrected chi connectivity index (χ4v) is 2.25. The van der Waals surface area contributed by atoms with Gasteiger partial charge in [-0.15, -0.1) is 0 Å². The summed E-state index contributed by atoms with van der Waals surface area (Å²) in [7, 11) is 0. The van der Waals surface area contributed by atoms with Crippen LogP contribution in [-0.4, -0.2) is 58.4 Å². The molecule has 2 aromatic rings. The van der Waals surface area contributed by atoms with Gasteiger partial charge < -0.3 is 14.6 Å². The Bertz CT molecular complexity index is 739. The average Bonchev–Trinajstić information content (AvgIpc) is 3.09. The van der Waals surface area contributed by atoms with Crippen LogP contribution < -0.4 is 4.90 Å². The molecule has 0 unspecified atom stereocenters. The van der Waals surface area contributed by atoms with Crippen LogP contribution in [0.25, 0.3) is 17.5 Å². The number of rotatable bonds is 5. The van der Waals surface area contributed by atoms with Crippen LogP contribution in [-0.2, 0) is 4.74 Å². The molecule has 126 valence electrons. The normalized spacial score (nSPS) is 15.4. The number of anilines is 1. The number of hydrogen-bond donors (Lipinski definition) is 2. The molecule has 1 aliphatic rings. The molecular weight excluding hydrogens is 318 g/mol. The molecule has 0 radical (unpaired) electrons. The van der Waals surface area contributed by atoms with Gasteiger partial charge in [0.15, 0.2) is 0 Å². The van der Waals surface area contributed by atoms with E-state index in [1.54, 1.807) is 6.20 Å². The molecule has 24 heavy (non-hydrogen) atoms. The standard InChI is InChI=1S/C15H16F2N6O/c16-15(17)10(18)1-2-13-19-8-12(22-13)11-7-14(21-9-20-11)23-3-5-24-6-4-23/h1-2,7-9,15,18H,3-6H2,(H,19,22)/b2-1-,18-10?. The highest BCUT2D eigenvalue weighted by molar-refractivity contribution is 5.97. The highest BCUT2D eigenvalue weighted by Crippen LogP contribution is 2.20. The Morgan fingerprint density at radius 1 is 1.29 bits per heavy atom. The van der Waals surface area contributed by atoms with Gasteiger partial charge in [0.05, 0.1) is 36.5 Å². The van der Waals surface area contributed by atoms with Gasteiger partial charge in [0.25, 0.3) is 6.43 Å². The Kier molecular flexibility index (Phi) is 4.90. The van der Waals surface area contributed by atoms with E-state index in [-0.39, 0.29) is 0 Å². The predicted molar refractivity (Wildman–Crippen MR) is 85.4 cm³/mol. The van der Waals surface area contributed by atoms with Crippen molar-refractivity contribution in [1.29, 1.82) is 5.41 Å². The molecule has 0 spiro atoms. The largest absolute Gasteiger partial charge is 0.378 e. The van der Waals surface area contributed by atoms with Gasteiger partial charge in [0, 0.05) is 19.2 Å². The van der Waals surface area contributed by atoms with E-state index in [1.807, 2.05) is 6.07 Å². The van der Waals surface area contributed by atoms with Gasteiger partial charge in [-0.1, -0.05) is 0 Å². The first-order chi connectivity index (χ1) is 11.6. The van der Waals surface area contributed by atoms with Crippen LogP contribution in [0.1, 0.15) is 5.82 Å². The zero-order valence-electron chi connectivity index (χ0n) is 12.7. The minimum Gasteiger partial charge on any atom is -0.378 e. The van der Waals surface area contributed by atoms with E-state index in [9.17, 15) is 8.78 Å². The summed E-state index contributed by atoms with van der Waals surface area (Å²) in [5, 5.41) is 7.09. The van der Waals surface area contributed by atoms with Gasteiger partial charge in [-0.2, -0.15) is 0 Å². The zero-order chi connectivity index (χ0) is 16.9. The number of aromatic amines is 1. The number of imidazole rings is 1. The molecule has 0 atom stereocenters. The molecule has 0 aliphatic carbocycles. The van der Waals surface area contributed by atoms with Crippen LogP contribution in [0.5, 0.6) is 0 Å². The van der Waals surface area contributed by atoms with E-state index in [4.69, 9.17) is 10.1 Å². The lowest BCUT2D eigenvalue weighted by molar-refractivity contribution is 0.122. The lowest BCUT2D eigenvalue weighted by Crippen LogP contribution is -2.36. The molecule has 1 saturated heterocycles. The van der Waals surface area contributed by atoms with Crippen LogP contribution in [0.15, 0.2) is 24.7 Å². The van der Waals surface area contributed by atoms with Crippen molar-refractivity contribution >= 4 is 17.6 Å². The number of H-pyrrole nitrogens is 1. The Morgan fingerprint density at radius 3 is 2.83 bits per heavy atom. The summed E-state index contributed by atoms with van der Waals surface area (Å²) in [6, 6.07) is 1.84. The number of allylic oxidation sites excluding steroid dienone is 1. The summed E-state index contributed by atoms with van der Waals surface area (Å²) in [5.41, 5.74) is 0.544. The summed E-state index contributed by atoms with van der Waals surface area (Å²) < 4.78 is 29.9. The van der Waals surface area contributed by atoms with Crippen molar-refractivity contribution in [3.05, 3.63) is 30.5 Å². The molecule has 0 amide bonds. The minimum atomic E-state index is -2.80. The van der Waals surface area contributed by atoms with E-state index >= 15 is 0 Å². The Balaban J connectivity index is 1.76. The molecule has 0 bridgehead atoms. The van der Waals surface area contributed by atoms with Gasteiger partial charge in [0.2, 0.25) is 0 Å². The quantitative estimate of drug-likeness (QED) is 0.816. The van der Waals surface area contributed by atoms with Gasteiger partial charge >= 0.3 is 0 Å². The van der Waals surface area contributed by atoms with E-state index < -0.39 is 12.1 Å². The van der Waals surface area contributed by atoms with Gasteiger partial charge in [-0.05, 0) is 12.2 Å². The molecule has 3 heterocycles. The summed E-state index contributed by atoms with van der Waals surface area (Å²) in [6.45, 7) is 2.86. The highest BCUT2D eigenvalue weighted by atomic mass is 19.3. The van der Waals surface area contributed by atoms with Gasteiger partial charge in [-0.3, -0.25) is 5.41 Å². The van der Waals surface area contributed by atoms with Crippen molar-refractivity contribution in [3.63, 3.8) is 0 Å².